The van der Waals surface area contributed by atoms with Gasteiger partial charge in [0.2, 0.25) is 10.0 Å². The van der Waals surface area contributed by atoms with Crippen molar-refractivity contribution in [1.82, 2.24) is 4.72 Å². The summed E-state index contributed by atoms with van der Waals surface area (Å²) < 4.78 is 33.2. The summed E-state index contributed by atoms with van der Waals surface area (Å²) in [4.78, 5) is 0.264. The van der Waals surface area contributed by atoms with Crippen LogP contribution in [0.4, 0.5) is 0 Å². The average Bonchev–Trinajstić information content (AvgIpc) is 2.67. The summed E-state index contributed by atoms with van der Waals surface area (Å²) in [6.07, 6.45) is 6.48. The highest BCUT2D eigenvalue weighted by molar-refractivity contribution is 8.00. The molecule has 26 heavy (non-hydrogen) atoms. The second-order valence-corrected chi connectivity index (χ2v) is 9.59. The van der Waals surface area contributed by atoms with Gasteiger partial charge in [-0.3, -0.25) is 0 Å². The van der Waals surface area contributed by atoms with Crippen molar-refractivity contribution in [2.45, 2.75) is 42.2 Å². The van der Waals surface area contributed by atoms with E-state index in [4.69, 9.17) is 4.74 Å². The minimum atomic E-state index is -3.47. The predicted molar refractivity (Wildman–Crippen MR) is 107 cm³/mol. The molecule has 140 valence electrons. The van der Waals surface area contributed by atoms with Crippen LogP contribution in [0, 0.1) is 0 Å². The molecule has 1 saturated carbocycles. The van der Waals surface area contributed by atoms with E-state index in [-0.39, 0.29) is 4.90 Å². The third-order valence-electron chi connectivity index (χ3n) is 4.41. The molecule has 0 atom stereocenters. The summed E-state index contributed by atoms with van der Waals surface area (Å²) >= 11 is 1.89. The molecule has 0 aromatic heterocycles. The van der Waals surface area contributed by atoms with E-state index < -0.39 is 10.0 Å². The monoisotopic (exact) mass is 391 g/mol. The van der Waals surface area contributed by atoms with Crippen molar-refractivity contribution in [1.29, 1.82) is 0 Å². The standard InChI is InChI=1S/C20H25NO3S2/c22-26(23,21-15-16-25-19-9-5-2-6-10-19)20-13-11-18(12-14-20)24-17-7-3-1-4-8-17/h1,3-4,7-8,11-14,19,21H,2,5-6,9-10,15-16H2. The minimum Gasteiger partial charge on any atom is -0.457 e. The van der Waals surface area contributed by atoms with Crippen LogP contribution in [0.2, 0.25) is 0 Å². The van der Waals surface area contributed by atoms with E-state index in [0.29, 0.717) is 17.5 Å². The fourth-order valence-electron chi connectivity index (χ4n) is 3.03. The SMILES string of the molecule is O=S(=O)(NCCSC1CCCCC1)c1ccc(Oc2ccccc2)cc1. The molecule has 0 aliphatic heterocycles. The van der Waals surface area contributed by atoms with Gasteiger partial charge < -0.3 is 4.74 Å². The van der Waals surface area contributed by atoms with E-state index >= 15 is 0 Å². The van der Waals surface area contributed by atoms with Crippen molar-refractivity contribution in [3.8, 4) is 11.5 Å². The highest BCUT2D eigenvalue weighted by Gasteiger charge is 2.16. The Hall–Kier alpha value is -1.50. The van der Waals surface area contributed by atoms with Crippen LogP contribution in [0.1, 0.15) is 32.1 Å². The molecule has 6 heteroatoms. The van der Waals surface area contributed by atoms with Gasteiger partial charge in [0.05, 0.1) is 4.90 Å². The number of hydrogen-bond donors (Lipinski definition) is 1. The zero-order valence-corrected chi connectivity index (χ0v) is 16.4. The molecule has 0 saturated heterocycles. The van der Waals surface area contributed by atoms with Gasteiger partial charge in [-0.2, -0.15) is 11.8 Å². The Morgan fingerprint density at radius 1 is 0.923 bits per heavy atom. The molecule has 1 N–H and O–H groups in total. The highest BCUT2D eigenvalue weighted by Crippen LogP contribution is 2.28. The van der Waals surface area contributed by atoms with E-state index in [1.165, 1.54) is 32.1 Å². The van der Waals surface area contributed by atoms with Crippen LogP contribution in [0.15, 0.2) is 59.5 Å². The van der Waals surface area contributed by atoms with Crippen LogP contribution in [0.5, 0.6) is 11.5 Å². The van der Waals surface area contributed by atoms with Gasteiger partial charge in [-0.15, -0.1) is 0 Å². The molecule has 1 aliphatic carbocycles. The summed E-state index contributed by atoms with van der Waals surface area (Å²) in [5, 5.41) is 0.697. The van der Waals surface area contributed by atoms with Crippen molar-refractivity contribution in [3.63, 3.8) is 0 Å². The molecule has 4 nitrogen and oxygen atoms in total. The van der Waals surface area contributed by atoms with Crippen LogP contribution in [-0.4, -0.2) is 26.0 Å². The summed E-state index contributed by atoms with van der Waals surface area (Å²) in [6.45, 7) is 0.464. The number of nitrogens with one attached hydrogen (secondary N) is 1. The van der Waals surface area contributed by atoms with E-state index in [0.717, 1.165) is 11.5 Å². The first-order chi connectivity index (χ1) is 12.6. The van der Waals surface area contributed by atoms with Crippen molar-refractivity contribution in [2.24, 2.45) is 0 Å². The molecular weight excluding hydrogens is 366 g/mol. The van der Waals surface area contributed by atoms with Crippen molar-refractivity contribution >= 4 is 21.8 Å². The predicted octanol–water partition coefficient (Wildman–Crippen LogP) is 4.82. The third kappa shape index (κ3) is 5.76. The molecule has 0 radical (unpaired) electrons. The Labute approximate surface area is 160 Å². The maximum atomic E-state index is 12.4. The number of para-hydroxylation sites is 1. The maximum absolute atomic E-state index is 12.4. The van der Waals surface area contributed by atoms with Gasteiger partial charge in [0.15, 0.2) is 0 Å². The van der Waals surface area contributed by atoms with Gasteiger partial charge in [-0.25, -0.2) is 13.1 Å². The first kappa shape index (κ1) is 19.3. The van der Waals surface area contributed by atoms with Crippen molar-refractivity contribution in [3.05, 3.63) is 54.6 Å². The van der Waals surface area contributed by atoms with Crippen molar-refractivity contribution < 1.29 is 13.2 Å². The average molecular weight is 392 g/mol. The van der Waals surface area contributed by atoms with Gasteiger partial charge in [-0.1, -0.05) is 37.5 Å². The molecule has 0 heterocycles. The number of ether oxygens (including phenoxy) is 1. The van der Waals surface area contributed by atoms with Gasteiger partial charge >= 0.3 is 0 Å². The topological polar surface area (TPSA) is 55.4 Å². The largest absolute Gasteiger partial charge is 0.457 e. The zero-order valence-electron chi connectivity index (χ0n) is 14.8. The normalized spacial score (nSPS) is 15.7. The van der Waals surface area contributed by atoms with E-state index in [2.05, 4.69) is 4.72 Å². The fraction of sp³-hybridized carbons (Fsp3) is 0.400. The second-order valence-electron chi connectivity index (χ2n) is 6.42. The maximum Gasteiger partial charge on any atom is 0.240 e. The third-order valence-corrected chi connectivity index (χ3v) is 7.27. The van der Waals surface area contributed by atoms with Crippen LogP contribution in [0.25, 0.3) is 0 Å². The number of rotatable bonds is 8. The molecule has 0 unspecified atom stereocenters. The number of sulfonamides is 1. The minimum absolute atomic E-state index is 0.264. The summed E-state index contributed by atoms with van der Waals surface area (Å²) in [5.74, 6) is 2.16. The Morgan fingerprint density at radius 3 is 2.27 bits per heavy atom. The molecule has 2 aromatic carbocycles. The molecule has 0 spiro atoms. The van der Waals surface area contributed by atoms with E-state index in [1.54, 1.807) is 24.3 Å². The number of hydrogen-bond acceptors (Lipinski definition) is 4. The lowest BCUT2D eigenvalue weighted by molar-refractivity contribution is 0.482. The second kappa shape index (κ2) is 9.44. The van der Waals surface area contributed by atoms with Gasteiger partial charge in [-0.05, 0) is 49.2 Å². The lowest BCUT2D eigenvalue weighted by Crippen LogP contribution is -2.26. The van der Waals surface area contributed by atoms with E-state index in [1.807, 2.05) is 42.1 Å². The summed E-state index contributed by atoms with van der Waals surface area (Å²) in [5.41, 5.74) is 0. The molecule has 0 amide bonds. The van der Waals surface area contributed by atoms with E-state index in [9.17, 15) is 8.42 Å². The highest BCUT2D eigenvalue weighted by atomic mass is 32.2. The first-order valence-corrected chi connectivity index (χ1v) is 11.6. The van der Waals surface area contributed by atoms with Gasteiger partial charge in [0.25, 0.3) is 0 Å². The van der Waals surface area contributed by atoms with Crippen LogP contribution < -0.4 is 9.46 Å². The van der Waals surface area contributed by atoms with Crippen LogP contribution in [-0.2, 0) is 10.0 Å². The first-order valence-electron chi connectivity index (χ1n) is 9.08. The molecule has 2 aromatic rings. The van der Waals surface area contributed by atoms with Crippen LogP contribution >= 0.6 is 11.8 Å². The Balaban J connectivity index is 1.48. The molecule has 0 bridgehead atoms. The Kier molecular flexibility index (Phi) is 7.00. The summed E-state index contributed by atoms with van der Waals surface area (Å²) in [7, 11) is -3.47. The number of benzene rings is 2. The smallest absolute Gasteiger partial charge is 0.240 e. The quantitative estimate of drug-likeness (QED) is 0.655. The molecule has 1 fully saturated rings. The molecule has 3 rings (SSSR count). The number of thioether (sulfide) groups is 1. The van der Waals surface area contributed by atoms with Gasteiger partial charge in [0, 0.05) is 17.5 Å². The summed E-state index contributed by atoms with van der Waals surface area (Å²) in [6, 6.07) is 15.9. The van der Waals surface area contributed by atoms with Crippen LogP contribution in [0.3, 0.4) is 0 Å². The zero-order chi connectivity index (χ0) is 18.2. The van der Waals surface area contributed by atoms with Crippen molar-refractivity contribution in [2.75, 3.05) is 12.3 Å². The fourth-order valence-corrected chi connectivity index (χ4v) is 5.41. The molecular formula is C20H25NO3S2. The van der Waals surface area contributed by atoms with Gasteiger partial charge in [0.1, 0.15) is 11.5 Å². The lowest BCUT2D eigenvalue weighted by Gasteiger charge is -2.20. The molecule has 1 aliphatic rings. The lowest BCUT2D eigenvalue weighted by atomic mass is 10.0. The Bertz CT molecular complexity index is 770. The Morgan fingerprint density at radius 2 is 1.58 bits per heavy atom.